The highest BCUT2D eigenvalue weighted by atomic mass is 32.2. The third-order valence-electron chi connectivity index (χ3n) is 11.3. The van der Waals surface area contributed by atoms with Gasteiger partial charge in [0.2, 0.25) is 53.2 Å². The zero-order chi connectivity index (χ0) is 58.5. The van der Waals surface area contributed by atoms with Crippen LogP contribution in [0.2, 0.25) is 0 Å². The number of aromatic hydroxyl groups is 1. The number of rotatable bonds is 32. The first-order valence-electron chi connectivity index (χ1n) is 24.7. The number of aliphatic hydroxyl groups excluding tert-OH is 1. The lowest BCUT2D eigenvalue weighted by molar-refractivity contribution is -0.143. The van der Waals surface area contributed by atoms with E-state index >= 15 is 0 Å². The molecule has 0 fully saturated rings. The molecule has 0 aliphatic carbocycles. The van der Waals surface area contributed by atoms with Gasteiger partial charge in [-0.05, 0) is 87.8 Å². The van der Waals surface area contributed by atoms with E-state index in [1.165, 1.54) is 56.8 Å². The van der Waals surface area contributed by atoms with Gasteiger partial charge in [-0.25, -0.2) is 4.79 Å². The number of carboxylic acid groups (broad SMARTS) is 2. The highest BCUT2D eigenvalue weighted by molar-refractivity contribution is 7.98. The molecule has 10 atom stereocenters. The monoisotopic (exact) mass is 1100 g/mol. The topological polar surface area (TPSA) is 443 Å². The molecule has 428 valence electrons. The van der Waals surface area contributed by atoms with Crippen LogP contribution in [0.4, 0.5) is 0 Å². The summed E-state index contributed by atoms with van der Waals surface area (Å²) in [4.78, 5) is 142. The van der Waals surface area contributed by atoms with E-state index in [1.807, 2.05) is 0 Å². The minimum Gasteiger partial charge on any atom is -0.508 e. The van der Waals surface area contributed by atoms with Crippen molar-refractivity contribution in [3.8, 4) is 5.75 Å². The van der Waals surface area contributed by atoms with Crippen molar-refractivity contribution < 1.29 is 73.2 Å². The van der Waals surface area contributed by atoms with Gasteiger partial charge < -0.3 is 80.2 Å². The predicted molar refractivity (Wildman–Crippen MR) is 284 cm³/mol. The number of phenolic OH excluding ortho intramolecular Hbond substituents is 1. The number of aliphatic carboxylic acids is 2. The zero-order valence-electron chi connectivity index (χ0n) is 44.3. The van der Waals surface area contributed by atoms with Gasteiger partial charge in [0, 0.05) is 19.8 Å². The van der Waals surface area contributed by atoms with E-state index in [9.17, 15) is 63.3 Å². The zero-order valence-corrected chi connectivity index (χ0v) is 45.1. The van der Waals surface area contributed by atoms with Crippen molar-refractivity contribution in [1.29, 1.82) is 0 Å². The first-order valence-corrected chi connectivity index (χ1v) is 26.1. The van der Waals surface area contributed by atoms with E-state index in [0.29, 0.717) is 42.7 Å². The van der Waals surface area contributed by atoms with Crippen LogP contribution in [-0.2, 0) is 65.6 Å². The fourth-order valence-electron chi connectivity index (χ4n) is 7.01. The number of nitrogens with one attached hydrogen (secondary N) is 8. The van der Waals surface area contributed by atoms with Crippen molar-refractivity contribution >= 4 is 76.9 Å². The quantitative estimate of drug-likeness (QED) is 0.0334. The molecule has 0 saturated carbocycles. The molecule has 9 amide bonds. The number of hydrogen-bond acceptors (Lipinski definition) is 16. The number of unbranched alkanes of at least 4 members (excludes halogenated alkanes) is 1. The number of thioether (sulfide) groups is 1. The Morgan fingerprint density at radius 2 is 1.00 bits per heavy atom. The number of nitrogens with two attached hydrogens (primary N) is 3. The molecule has 0 spiro atoms. The van der Waals surface area contributed by atoms with E-state index in [4.69, 9.17) is 27.1 Å². The summed E-state index contributed by atoms with van der Waals surface area (Å²) in [6, 6.07) is 1.45. The van der Waals surface area contributed by atoms with Gasteiger partial charge in [0.1, 0.15) is 54.1 Å². The summed E-state index contributed by atoms with van der Waals surface area (Å²) in [5.41, 5.74) is 18.0. The van der Waals surface area contributed by atoms with Gasteiger partial charge in [0.15, 0.2) is 0 Å². The Morgan fingerprint density at radius 1 is 0.558 bits per heavy atom. The maximum atomic E-state index is 14.2. The van der Waals surface area contributed by atoms with Crippen molar-refractivity contribution in [3.63, 3.8) is 0 Å². The number of primary amides is 1. The fraction of sp³-hybridized carbons (Fsp3) is 0.540. The van der Waals surface area contributed by atoms with E-state index in [-0.39, 0.29) is 25.0 Å². The smallest absolute Gasteiger partial charge is 0.326 e. The Labute approximate surface area is 451 Å². The molecule has 2 aromatic rings. The van der Waals surface area contributed by atoms with Gasteiger partial charge in [0.05, 0.1) is 18.6 Å². The number of hydrogen-bond donors (Lipinski definition) is 15. The average molecular weight is 1100 g/mol. The predicted octanol–water partition coefficient (Wildman–Crippen LogP) is -2.61. The largest absolute Gasteiger partial charge is 0.508 e. The molecule has 0 saturated heterocycles. The maximum Gasteiger partial charge on any atom is 0.326 e. The fourth-order valence-corrected chi connectivity index (χ4v) is 7.48. The van der Waals surface area contributed by atoms with Crippen LogP contribution in [0.3, 0.4) is 0 Å². The summed E-state index contributed by atoms with van der Waals surface area (Å²) in [5.74, 6) is -10.7. The Hall–Kier alpha value is -7.36. The number of benzene rings is 2. The van der Waals surface area contributed by atoms with Crippen molar-refractivity contribution in [1.82, 2.24) is 42.5 Å². The molecule has 0 bridgehead atoms. The molecule has 0 radical (unpaired) electrons. The molecule has 0 aliphatic rings. The lowest BCUT2D eigenvalue weighted by Gasteiger charge is -2.28. The van der Waals surface area contributed by atoms with E-state index in [1.54, 1.807) is 50.4 Å². The van der Waals surface area contributed by atoms with Crippen molar-refractivity contribution in [2.24, 2.45) is 23.1 Å². The molecule has 18 N–H and O–H groups in total. The molecule has 26 nitrogen and oxygen atoms in total. The van der Waals surface area contributed by atoms with Gasteiger partial charge in [-0.3, -0.25) is 47.9 Å². The number of phenols is 1. The third-order valence-corrected chi connectivity index (χ3v) is 12.0. The summed E-state index contributed by atoms with van der Waals surface area (Å²) in [6.45, 7) is 8.60. The van der Waals surface area contributed by atoms with Gasteiger partial charge in [0.25, 0.3) is 5.97 Å². The van der Waals surface area contributed by atoms with Crippen LogP contribution in [0.5, 0.6) is 5.75 Å². The Kier molecular flexibility index (Phi) is 30.8. The highest BCUT2D eigenvalue weighted by Crippen LogP contribution is 2.14. The number of amides is 9. The summed E-state index contributed by atoms with van der Waals surface area (Å²) in [7, 11) is 0. The first kappa shape index (κ1) is 67.7. The Balaban J connectivity index is 0.00000714. The molecule has 0 heterocycles. The summed E-state index contributed by atoms with van der Waals surface area (Å²) >= 11 is 1.35. The number of carbonyl (C=O) groups excluding carboxylic acids is 9. The second-order valence-electron chi connectivity index (χ2n) is 18.4. The molecule has 0 aromatic heterocycles. The standard InChI is InChI=1S/C48H73N11O13S.C2H4O2/c1-25(2)38(58-40(63)26(3)52-42(65)32(50)14-10-11-20-49)46(69)57-35(23-30-15-17-31(61)18-16-30)44(67)56-36(24-37(51)62)45(68)55-34(22-29-12-8-7-9-13-29)43(66)53-27(4)41(64)59-39(28(5)60)47(70)54-33(48(71)72)19-21-73-6;1-2(3)4/h7-9,12-13,15-18,25-28,32-36,38-39,60-61H,10-11,14,19-24,49-50H2,1-6H3,(H2,51,62)(H,52,65)(H,53,66)(H,54,70)(H,55,68)(H,56,67)(H,57,69)(H,58,63)(H,59,64)(H,71,72);1H3,(H,3,4). The van der Waals surface area contributed by atoms with Gasteiger partial charge in [-0.15, -0.1) is 0 Å². The molecular formula is C50H77N11O15S. The molecular weight excluding hydrogens is 1030 g/mol. The summed E-state index contributed by atoms with van der Waals surface area (Å²) in [5, 5.41) is 57.0. The summed E-state index contributed by atoms with van der Waals surface area (Å²) < 4.78 is 0. The van der Waals surface area contributed by atoms with Crippen LogP contribution in [-0.4, -0.2) is 165 Å². The van der Waals surface area contributed by atoms with Crippen molar-refractivity contribution in [2.75, 3.05) is 18.6 Å². The average Bonchev–Trinajstić information content (AvgIpc) is 3.35. The number of carbonyl (C=O) groups is 11. The minimum absolute atomic E-state index is 0.0572. The second-order valence-corrected chi connectivity index (χ2v) is 19.4. The van der Waals surface area contributed by atoms with Crippen LogP contribution < -0.4 is 59.7 Å². The third kappa shape index (κ3) is 26.3. The molecule has 2 rings (SSSR count). The highest BCUT2D eigenvalue weighted by Gasteiger charge is 2.36. The normalized spacial score (nSPS) is 14.7. The Morgan fingerprint density at radius 3 is 1.48 bits per heavy atom. The van der Waals surface area contributed by atoms with E-state index < -0.39 is 138 Å². The molecule has 2 aromatic carbocycles. The molecule has 27 heteroatoms. The number of carboxylic acids is 2. The van der Waals surface area contributed by atoms with Crippen LogP contribution in [0.15, 0.2) is 54.6 Å². The van der Waals surface area contributed by atoms with Crippen LogP contribution in [0.25, 0.3) is 0 Å². The van der Waals surface area contributed by atoms with E-state index in [0.717, 1.165) is 6.92 Å². The van der Waals surface area contributed by atoms with Gasteiger partial charge in [-0.1, -0.05) is 62.7 Å². The van der Waals surface area contributed by atoms with Crippen LogP contribution in [0.1, 0.15) is 84.8 Å². The lowest BCUT2D eigenvalue weighted by Crippen LogP contribution is -2.61. The van der Waals surface area contributed by atoms with Crippen molar-refractivity contribution in [2.45, 2.75) is 147 Å². The molecule has 77 heavy (non-hydrogen) atoms. The number of aliphatic hydroxyl groups is 1. The summed E-state index contributed by atoms with van der Waals surface area (Å²) in [6.07, 6.45) is 0.642. The molecule has 0 aliphatic heterocycles. The molecule has 10 unspecified atom stereocenters. The Bertz CT molecular complexity index is 2290. The first-order chi connectivity index (χ1) is 36.1. The van der Waals surface area contributed by atoms with Crippen LogP contribution in [0, 0.1) is 5.92 Å². The van der Waals surface area contributed by atoms with Crippen molar-refractivity contribution in [3.05, 3.63) is 65.7 Å². The second kappa shape index (κ2) is 35.1. The SMILES string of the molecule is CC(=O)O.CSCCC(NC(=O)C(NC(=O)C(C)NC(=O)C(Cc1ccccc1)NC(=O)C(CC(N)=O)NC(=O)C(Cc1ccc(O)cc1)NC(=O)C(NC(=O)C(C)NC(=O)C(N)CCCCN)C(C)C)C(C)O)C(=O)O. The van der Waals surface area contributed by atoms with Gasteiger partial charge in [-0.2, -0.15) is 11.8 Å². The maximum absolute atomic E-state index is 14.2. The van der Waals surface area contributed by atoms with Gasteiger partial charge >= 0.3 is 5.97 Å². The van der Waals surface area contributed by atoms with Crippen LogP contribution >= 0.6 is 11.8 Å². The lowest BCUT2D eigenvalue weighted by atomic mass is 10.00. The van der Waals surface area contributed by atoms with E-state index in [2.05, 4.69) is 42.5 Å². The minimum atomic E-state index is -1.77.